The Kier molecular flexibility index (Phi) is 4.33. The van der Waals surface area contributed by atoms with Gasteiger partial charge in [-0.3, -0.25) is 9.59 Å². The maximum absolute atomic E-state index is 12.3. The number of rotatable bonds is 5. The molecule has 0 spiro atoms. The average molecular weight is 322 g/mol. The number of aliphatic carboxylic acids is 1. The molecule has 1 heterocycles. The fraction of sp³-hybridized carbons (Fsp3) is 0.158. The predicted octanol–water partition coefficient (Wildman–Crippen LogP) is 2.90. The van der Waals surface area contributed by atoms with Gasteiger partial charge in [0.05, 0.1) is 0 Å². The molecule has 0 saturated carbocycles. The van der Waals surface area contributed by atoms with E-state index in [1.54, 1.807) is 0 Å². The van der Waals surface area contributed by atoms with Crippen LogP contribution in [0.5, 0.6) is 0 Å². The highest BCUT2D eigenvalue weighted by Crippen LogP contribution is 2.28. The molecule has 0 fully saturated rings. The highest BCUT2D eigenvalue weighted by atomic mass is 16.4. The Morgan fingerprint density at radius 1 is 1.08 bits per heavy atom. The van der Waals surface area contributed by atoms with Crippen molar-refractivity contribution in [2.75, 3.05) is 0 Å². The fourth-order valence-corrected chi connectivity index (χ4v) is 2.72. The smallest absolute Gasteiger partial charge is 0.325 e. The van der Waals surface area contributed by atoms with E-state index in [-0.39, 0.29) is 12.5 Å². The number of nitrogens with zero attached hydrogens (tertiary/aromatic N) is 1. The number of hydrogen-bond donors (Lipinski definition) is 2. The van der Waals surface area contributed by atoms with Gasteiger partial charge in [-0.25, -0.2) is 0 Å². The molecular weight excluding hydrogens is 304 g/mol. The highest BCUT2D eigenvalue weighted by molar-refractivity contribution is 5.90. The Balaban J connectivity index is 1.99. The van der Waals surface area contributed by atoms with Crippen molar-refractivity contribution in [1.29, 1.82) is 0 Å². The summed E-state index contributed by atoms with van der Waals surface area (Å²) in [7, 11) is 0. The lowest BCUT2D eigenvalue weighted by atomic mass is 10.1. The van der Waals surface area contributed by atoms with E-state index in [0.717, 1.165) is 22.2 Å². The second-order valence-electron chi connectivity index (χ2n) is 5.67. The Bertz CT molecular complexity index is 884. The quantitative estimate of drug-likeness (QED) is 0.759. The van der Waals surface area contributed by atoms with Crippen molar-refractivity contribution in [2.24, 2.45) is 0 Å². The number of carboxylic acids is 1. The van der Waals surface area contributed by atoms with Gasteiger partial charge in [-0.2, -0.15) is 0 Å². The number of benzene rings is 2. The van der Waals surface area contributed by atoms with E-state index in [4.69, 9.17) is 5.11 Å². The maximum atomic E-state index is 12.3. The molecule has 0 aliphatic heterocycles. The molecule has 3 aromatic rings. The zero-order valence-corrected chi connectivity index (χ0v) is 13.3. The minimum absolute atomic E-state index is 0.0648. The standard InChI is InChI=1S/C19H18N2O3/c1-13(19(23)24)20-18(22)12-21-16-10-6-5-9-15(16)11-17(21)14-7-3-2-4-8-14/h2-11,13H,12H2,1H3,(H,20,22)(H,23,24)/t13-/m1/s1. The molecule has 5 nitrogen and oxygen atoms in total. The lowest BCUT2D eigenvalue weighted by Gasteiger charge is -2.13. The number of para-hydroxylation sites is 1. The van der Waals surface area contributed by atoms with Gasteiger partial charge in [0.25, 0.3) is 0 Å². The van der Waals surface area contributed by atoms with E-state index in [1.165, 1.54) is 6.92 Å². The first-order valence-electron chi connectivity index (χ1n) is 7.72. The predicted molar refractivity (Wildman–Crippen MR) is 92.6 cm³/mol. The molecule has 0 bridgehead atoms. The van der Waals surface area contributed by atoms with E-state index in [9.17, 15) is 9.59 Å². The fourth-order valence-electron chi connectivity index (χ4n) is 2.72. The van der Waals surface area contributed by atoms with Crippen molar-refractivity contribution >= 4 is 22.8 Å². The third kappa shape index (κ3) is 3.15. The van der Waals surface area contributed by atoms with Gasteiger partial charge in [-0.15, -0.1) is 0 Å². The molecule has 0 aliphatic rings. The van der Waals surface area contributed by atoms with Crippen molar-refractivity contribution in [2.45, 2.75) is 19.5 Å². The van der Waals surface area contributed by atoms with Crippen LogP contribution in [0.1, 0.15) is 6.92 Å². The van der Waals surface area contributed by atoms with Crippen LogP contribution in [-0.4, -0.2) is 27.6 Å². The second kappa shape index (κ2) is 6.58. The van der Waals surface area contributed by atoms with Crippen molar-refractivity contribution < 1.29 is 14.7 Å². The average Bonchev–Trinajstić information content (AvgIpc) is 2.94. The van der Waals surface area contributed by atoms with Gasteiger partial charge in [-0.1, -0.05) is 48.5 Å². The van der Waals surface area contributed by atoms with E-state index < -0.39 is 12.0 Å². The number of fused-ring (bicyclic) bond motifs is 1. The Morgan fingerprint density at radius 3 is 2.46 bits per heavy atom. The first-order valence-corrected chi connectivity index (χ1v) is 7.72. The Hall–Kier alpha value is -3.08. The maximum Gasteiger partial charge on any atom is 0.325 e. The number of carboxylic acid groups (broad SMARTS) is 1. The summed E-state index contributed by atoms with van der Waals surface area (Å²) in [6.45, 7) is 1.52. The number of hydrogen-bond acceptors (Lipinski definition) is 2. The summed E-state index contributed by atoms with van der Waals surface area (Å²) in [5.74, 6) is -1.38. The lowest BCUT2D eigenvalue weighted by molar-refractivity contribution is -0.141. The number of amides is 1. The summed E-state index contributed by atoms with van der Waals surface area (Å²) in [4.78, 5) is 23.2. The van der Waals surface area contributed by atoms with Crippen LogP contribution in [-0.2, 0) is 16.1 Å². The first-order chi connectivity index (χ1) is 11.6. The highest BCUT2D eigenvalue weighted by Gasteiger charge is 2.17. The van der Waals surface area contributed by atoms with Crippen molar-refractivity contribution in [1.82, 2.24) is 9.88 Å². The third-order valence-electron chi connectivity index (χ3n) is 3.93. The number of nitrogens with one attached hydrogen (secondary N) is 1. The van der Waals surface area contributed by atoms with Crippen LogP contribution in [0.3, 0.4) is 0 Å². The molecule has 2 aromatic carbocycles. The summed E-state index contributed by atoms with van der Waals surface area (Å²) < 4.78 is 1.91. The van der Waals surface area contributed by atoms with Crippen LogP contribution >= 0.6 is 0 Å². The molecule has 0 saturated heterocycles. The van der Waals surface area contributed by atoms with Crippen LogP contribution in [0.2, 0.25) is 0 Å². The number of carbonyl (C=O) groups is 2. The molecule has 2 N–H and O–H groups in total. The van der Waals surface area contributed by atoms with Crippen molar-refractivity contribution in [3.8, 4) is 11.3 Å². The molecule has 0 unspecified atom stereocenters. The van der Waals surface area contributed by atoms with Crippen LogP contribution in [0.25, 0.3) is 22.2 Å². The van der Waals surface area contributed by atoms with Gasteiger partial charge in [-0.05, 0) is 24.6 Å². The van der Waals surface area contributed by atoms with Gasteiger partial charge in [0.15, 0.2) is 0 Å². The van der Waals surface area contributed by atoms with Gasteiger partial charge >= 0.3 is 5.97 Å². The molecule has 122 valence electrons. The first kappa shape index (κ1) is 15.8. The molecule has 1 aromatic heterocycles. The van der Waals surface area contributed by atoms with Crippen LogP contribution < -0.4 is 5.32 Å². The minimum atomic E-state index is -1.05. The van der Waals surface area contributed by atoms with Gasteiger partial charge in [0, 0.05) is 16.6 Å². The molecule has 3 rings (SSSR count). The summed E-state index contributed by atoms with van der Waals surface area (Å²) >= 11 is 0. The number of aromatic nitrogens is 1. The largest absolute Gasteiger partial charge is 0.480 e. The van der Waals surface area contributed by atoms with E-state index in [1.807, 2.05) is 65.2 Å². The molecule has 24 heavy (non-hydrogen) atoms. The van der Waals surface area contributed by atoms with E-state index in [0.29, 0.717) is 0 Å². The monoisotopic (exact) mass is 322 g/mol. The number of carbonyl (C=O) groups excluding carboxylic acids is 1. The minimum Gasteiger partial charge on any atom is -0.480 e. The van der Waals surface area contributed by atoms with E-state index in [2.05, 4.69) is 5.32 Å². The zero-order valence-electron chi connectivity index (χ0n) is 13.3. The molecule has 1 atom stereocenters. The van der Waals surface area contributed by atoms with Crippen molar-refractivity contribution in [3.63, 3.8) is 0 Å². The molecule has 0 aliphatic carbocycles. The third-order valence-corrected chi connectivity index (χ3v) is 3.93. The summed E-state index contributed by atoms with van der Waals surface area (Å²) in [5, 5.41) is 12.5. The molecule has 1 amide bonds. The SMILES string of the molecule is C[C@@H](NC(=O)Cn1c(-c2ccccc2)cc2ccccc21)C(=O)O. The van der Waals surface area contributed by atoms with Crippen LogP contribution in [0.15, 0.2) is 60.7 Å². The summed E-state index contributed by atoms with van der Waals surface area (Å²) in [6.07, 6.45) is 0. The van der Waals surface area contributed by atoms with Gasteiger partial charge in [0.1, 0.15) is 12.6 Å². The Labute approximate surface area is 139 Å². The summed E-state index contributed by atoms with van der Waals surface area (Å²) in [6, 6.07) is 18.8. The molecule has 5 heteroatoms. The molecule has 0 radical (unpaired) electrons. The normalized spacial score (nSPS) is 12.0. The summed E-state index contributed by atoms with van der Waals surface area (Å²) in [5.41, 5.74) is 2.87. The van der Waals surface area contributed by atoms with Crippen LogP contribution in [0, 0.1) is 0 Å². The van der Waals surface area contributed by atoms with Gasteiger partial charge in [0.2, 0.25) is 5.91 Å². The topological polar surface area (TPSA) is 71.3 Å². The van der Waals surface area contributed by atoms with Gasteiger partial charge < -0.3 is 15.0 Å². The van der Waals surface area contributed by atoms with Crippen LogP contribution in [0.4, 0.5) is 0 Å². The zero-order chi connectivity index (χ0) is 17.1. The van der Waals surface area contributed by atoms with E-state index >= 15 is 0 Å². The van der Waals surface area contributed by atoms with Crippen molar-refractivity contribution in [3.05, 3.63) is 60.7 Å². The second-order valence-corrected chi connectivity index (χ2v) is 5.67. The molecular formula is C19H18N2O3. The Morgan fingerprint density at radius 2 is 1.75 bits per heavy atom. The lowest BCUT2D eigenvalue weighted by Crippen LogP contribution is -2.40.